The fourth-order valence-electron chi connectivity index (χ4n) is 3.60. The van der Waals surface area contributed by atoms with Crippen LogP contribution in [0.25, 0.3) is 0 Å². The highest BCUT2D eigenvalue weighted by molar-refractivity contribution is 5.59. The molecule has 2 aromatic carbocycles. The van der Waals surface area contributed by atoms with Crippen molar-refractivity contribution in [1.29, 1.82) is 0 Å². The van der Waals surface area contributed by atoms with Crippen LogP contribution in [0.15, 0.2) is 54.6 Å². The van der Waals surface area contributed by atoms with Crippen LogP contribution in [0.5, 0.6) is 0 Å². The van der Waals surface area contributed by atoms with Crippen molar-refractivity contribution in [1.82, 2.24) is 0 Å². The van der Waals surface area contributed by atoms with E-state index in [1.807, 2.05) is 12.1 Å². The first-order valence-electron chi connectivity index (χ1n) is 7.21. The minimum Gasteiger partial charge on any atom is -0.378 e. The Morgan fingerprint density at radius 3 is 2.71 bits per heavy atom. The van der Waals surface area contributed by atoms with Gasteiger partial charge in [0.1, 0.15) is 11.6 Å². The molecule has 0 fully saturated rings. The highest BCUT2D eigenvalue weighted by Crippen LogP contribution is 2.50. The zero-order valence-electron chi connectivity index (χ0n) is 11.4. The van der Waals surface area contributed by atoms with Crippen molar-refractivity contribution < 1.29 is 8.78 Å². The van der Waals surface area contributed by atoms with Crippen molar-refractivity contribution in [3.05, 3.63) is 77.4 Å². The molecule has 2 aliphatic rings. The molecule has 1 N–H and O–H groups in total. The summed E-state index contributed by atoms with van der Waals surface area (Å²) in [5, 5.41) is 3.41. The third kappa shape index (κ3) is 1.96. The third-order valence-corrected chi connectivity index (χ3v) is 4.57. The Kier molecular flexibility index (Phi) is 2.81. The number of anilines is 1. The number of nitrogens with one attached hydrogen (secondary N) is 1. The number of rotatable bonds is 1. The molecule has 106 valence electrons. The smallest absolute Gasteiger partial charge is 0.128 e. The van der Waals surface area contributed by atoms with Gasteiger partial charge in [-0.2, -0.15) is 0 Å². The fraction of sp³-hybridized carbons (Fsp3) is 0.222. The van der Waals surface area contributed by atoms with Gasteiger partial charge in [-0.3, -0.25) is 0 Å². The van der Waals surface area contributed by atoms with Gasteiger partial charge in [-0.25, -0.2) is 8.78 Å². The van der Waals surface area contributed by atoms with Crippen LogP contribution in [0.3, 0.4) is 0 Å². The van der Waals surface area contributed by atoms with Gasteiger partial charge in [-0.05, 0) is 42.2 Å². The molecule has 21 heavy (non-hydrogen) atoms. The Bertz CT molecular complexity index is 723. The lowest BCUT2D eigenvalue weighted by atomic mass is 9.77. The van der Waals surface area contributed by atoms with E-state index in [4.69, 9.17) is 0 Å². The minimum absolute atomic E-state index is 0.0795. The van der Waals surface area contributed by atoms with Crippen LogP contribution in [-0.4, -0.2) is 0 Å². The van der Waals surface area contributed by atoms with Gasteiger partial charge in [0.25, 0.3) is 0 Å². The van der Waals surface area contributed by atoms with Crippen molar-refractivity contribution in [2.75, 3.05) is 5.32 Å². The quantitative estimate of drug-likeness (QED) is 0.742. The maximum Gasteiger partial charge on any atom is 0.128 e. The first-order valence-corrected chi connectivity index (χ1v) is 7.21. The third-order valence-electron chi connectivity index (χ3n) is 4.57. The Morgan fingerprint density at radius 2 is 1.86 bits per heavy atom. The molecular weight excluding hydrogens is 268 g/mol. The topological polar surface area (TPSA) is 12.0 Å². The molecule has 0 bridgehead atoms. The highest BCUT2D eigenvalue weighted by atomic mass is 19.1. The van der Waals surface area contributed by atoms with Crippen LogP contribution < -0.4 is 5.32 Å². The zero-order valence-corrected chi connectivity index (χ0v) is 11.4. The number of halogens is 2. The monoisotopic (exact) mass is 283 g/mol. The van der Waals surface area contributed by atoms with Crippen LogP contribution in [0.4, 0.5) is 14.5 Å². The molecule has 0 spiro atoms. The second kappa shape index (κ2) is 4.69. The van der Waals surface area contributed by atoms with Gasteiger partial charge in [0.05, 0.1) is 6.04 Å². The van der Waals surface area contributed by atoms with Gasteiger partial charge in [-0.15, -0.1) is 0 Å². The average molecular weight is 283 g/mol. The summed E-state index contributed by atoms with van der Waals surface area (Å²) in [6, 6.07) is 11.6. The molecule has 4 rings (SSSR count). The molecule has 1 heterocycles. The Morgan fingerprint density at radius 1 is 1.00 bits per heavy atom. The first kappa shape index (κ1) is 12.6. The van der Waals surface area contributed by atoms with E-state index in [0.29, 0.717) is 5.56 Å². The Hall–Kier alpha value is -2.16. The zero-order chi connectivity index (χ0) is 14.4. The van der Waals surface area contributed by atoms with Gasteiger partial charge in [0, 0.05) is 17.2 Å². The highest BCUT2D eigenvalue weighted by Gasteiger charge is 2.38. The number of hydrogen-bond acceptors (Lipinski definition) is 1. The van der Waals surface area contributed by atoms with Crippen LogP contribution in [0.1, 0.15) is 29.5 Å². The summed E-state index contributed by atoms with van der Waals surface area (Å²) < 4.78 is 27.7. The van der Waals surface area contributed by atoms with Gasteiger partial charge in [0.15, 0.2) is 0 Å². The summed E-state index contributed by atoms with van der Waals surface area (Å²) in [7, 11) is 0. The van der Waals surface area contributed by atoms with Crippen LogP contribution in [0, 0.1) is 17.6 Å². The maximum atomic E-state index is 14.2. The molecule has 0 amide bonds. The predicted octanol–water partition coefficient (Wildman–Crippen LogP) is 4.79. The summed E-state index contributed by atoms with van der Waals surface area (Å²) >= 11 is 0. The molecule has 0 saturated heterocycles. The number of hydrogen-bond donors (Lipinski definition) is 1. The normalized spacial score (nSPS) is 26.1. The molecular formula is C18H15F2N. The Balaban J connectivity index is 1.82. The average Bonchev–Trinajstić information content (AvgIpc) is 2.97. The van der Waals surface area contributed by atoms with E-state index < -0.39 is 0 Å². The summed E-state index contributed by atoms with van der Waals surface area (Å²) in [5.74, 6) is -0.0251. The van der Waals surface area contributed by atoms with Crippen molar-refractivity contribution in [2.24, 2.45) is 5.92 Å². The molecule has 0 saturated carbocycles. The van der Waals surface area contributed by atoms with E-state index in [1.54, 1.807) is 18.2 Å². The maximum absolute atomic E-state index is 14.2. The largest absolute Gasteiger partial charge is 0.378 e. The Labute approximate surface area is 122 Å². The van der Waals surface area contributed by atoms with Crippen LogP contribution >= 0.6 is 0 Å². The standard InChI is InChI=1S/C18H15F2N/c19-11-8-9-17-15(10-11)12-5-3-6-13(12)18(21-17)14-4-1-2-7-16(14)20/h1-5,7-10,12-13,18,21H,6H2/t12-,13+,18-/m1/s1. The number of fused-ring (bicyclic) bond motifs is 3. The fourth-order valence-corrected chi connectivity index (χ4v) is 3.60. The summed E-state index contributed by atoms with van der Waals surface area (Å²) in [5.41, 5.74) is 2.56. The second-order valence-electron chi connectivity index (χ2n) is 5.73. The van der Waals surface area contributed by atoms with Crippen LogP contribution in [0.2, 0.25) is 0 Å². The molecule has 1 aliphatic heterocycles. The van der Waals surface area contributed by atoms with Gasteiger partial charge >= 0.3 is 0 Å². The number of benzene rings is 2. The van der Waals surface area contributed by atoms with E-state index in [9.17, 15) is 8.78 Å². The van der Waals surface area contributed by atoms with Crippen molar-refractivity contribution in [3.63, 3.8) is 0 Å². The van der Waals surface area contributed by atoms with Crippen molar-refractivity contribution >= 4 is 5.69 Å². The van der Waals surface area contributed by atoms with Gasteiger partial charge < -0.3 is 5.32 Å². The van der Waals surface area contributed by atoms with E-state index >= 15 is 0 Å². The lowest BCUT2D eigenvalue weighted by Gasteiger charge is -2.37. The van der Waals surface area contributed by atoms with E-state index in [0.717, 1.165) is 17.7 Å². The molecule has 2 aromatic rings. The minimum atomic E-state index is -0.223. The summed E-state index contributed by atoms with van der Waals surface area (Å²) in [6.07, 6.45) is 5.12. The SMILES string of the molecule is Fc1ccc2c(c1)[C@@H]1C=CC[C@@H]1[C@H](c1ccccc1F)N2. The lowest BCUT2D eigenvalue weighted by Crippen LogP contribution is -2.29. The molecule has 0 radical (unpaired) electrons. The molecule has 1 aliphatic carbocycles. The van der Waals surface area contributed by atoms with Crippen LogP contribution in [-0.2, 0) is 0 Å². The van der Waals surface area contributed by atoms with Gasteiger partial charge in [-0.1, -0.05) is 30.4 Å². The lowest BCUT2D eigenvalue weighted by molar-refractivity contribution is 0.412. The van der Waals surface area contributed by atoms with E-state index in [1.165, 1.54) is 12.1 Å². The van der Waals surface area contributed by atoms with Crippen molar-refractivity contribution in [3.8, 4) is 0 Å². The molecule has 0 unspecified atom stereocenters. The van der Waals surface area contributed by atoms with Crippen molar-refractivity contribution in [2.45, 2.75) is 18.4 Å². The summed E-state index contributed by atoms with van der Waals surface area (Å²) in [4.78, 5) is 0. The first-order chi connectivity index (χ1) is 10.2. The summed E-state index contributed by atoms with van der Waals surface area (Å²) in [6.45, 7) is 0. The molecule has 3 heteroatoms. The second-order valence-corrected chi connectivity index (χ2v) is 5.73. The van der Waals surface area contributed by atoms with Gasteiger partial charge in [0.2, 0.25) is 0 Å². The predicted molar refractivity (Wildman–Crippen MR) is 79.2 cm³/mol. The molecule has 1 nitrogen and oxygen atoms in total. The van der Waals surface area contributed by atoms with E-state index in [2.05, 4.69) is 17.5 Å². The number of allylic oxidation sites excluding steroid dienone is 2. The van der Waals surface area contributed by atoms with E-state index in [-0.39, 0.29) is 29.5 Å². The molecule has 3 atom stereocenters. The molecule has 0 aromatic heterocycles.